The lowest BCUT2D eigenvalue weighted by atomic mass is 9.99. The van der Waals surface area contributed by atoms with Crippen molar-refractivity contribution in [3.63, 3.8) is 0 Å². The first-order valence-electron chi connectivity index (χ1n) is 11.7. The summed E-state index contributed by atoms with van der Waals surface area (Å²) in [5.74, 6) is -0.912. The monoisotopic (exact) mass is 576 g/mol. The number of hydrogen-bond acceptors (Lipinski definition) is 10. The summed E-state index contributed by atoms with van der Waals surface area (Å²) in [5.41, 5.74) is 1.28. The highest BCUT2D eigenvalue weighted by Gasteiger charge is 2.65. The van der Waals surface area contributed by atoms with Crippen LogP contribution in [0, 0.1) is 0 Å². The third kappa shape index (κ3) is 5.57. The molecule has 2 aromatic rings. The molecule has 202 valence electrons. The van der Waals surface area contributed by atoms with Crippen LogP contribution < -0.4 is 10.1 Å². The number of ether oxygens (including phenoxy) is 3. The SMILES string of the molecule is COc1ccc(COC(=O)C2=C(C(C)OC(C)=O)CS[C@@H]3N2C(=O)[C@]3(NC(=O)Cc2cccs2)SC)cc1. The minimum atomic E-state index is -1.23. The normalized spacial score (nSPS) is 21.2. The fourth-order valence-corrected chi connectivity index (χ4v) is 7.73. The zero-order valence-electron chi connectivity index (χ0n) is 21.3. The molecule has 1 saturated heterocycles. The van der Waals surface area contributed by atoms with Gasteiger partial charge in [-0.15, -0.1) is 34.9 Å². The molecule has 12 heteroatoms. The van der Waals surface area contributed by atoms with E-state index in [0.29, 0.717) is 17.1 Å². The Kier molecular flexibility index (Phi) is 8.74. The fourth-order valence-electron chi connectivity index (χ4n) is 4.28. The van der Waals surface area contributed by atoms with Gasteiger partial charge in [0.15, 0.2) is 4.87 Å². The number of rotatable bonds is 10. The Balaban J connectivity index is 1.58. The van der Waals surface area contributed by atoms with Crippen LogP contribution >= 0.6 is 34.9 Å². The van der Waals surface area contributed by atoms with Gasteiger partial charge in [0, 0.05) is 23.1 Å². The Hall–Kier alpha value is -2.96. The van der Waals surface area contributed by atoms with Gasteiger partial charge in [0.1, 0.15) is 29.5 Å². The predicted octanol–water partition coefficient (Wildman–Crippen LogP) is 3.34. The number of β-lactam (4-membered cyclic amide) rings is 1. The molecule has 0 bridgehead atoms. The first kappa shape index (κ1) is 28.1. The Morgan fingerprint density at radius 1 is 1.24 bits per heavy atom. The average molecular weight is 577 g/mol. The molecule has 1 fully saturated rings. The van der Waals surface area contributed by atoms with Crippen molar-refractivity contribution in [2.24, 2.45) is 0 Å². The van der Waals surface area contributed by atoms with E-state index in [9.17, 15) is 19.2 Å². The number of nitrogens with zero attached hydrogens (tertiary/aromatic N) is 1. The lowest BCUT2D eigenvalue weighted by molar-refractivity contribution is -0.155. The van der Waals surface area contributed by atoms with Crippen molar-refractivity contribution in [3.05, 3.63) is 63.5 Å². The van der Waals surface area contributed by atoms with E-state index >= 15 is 0 Å². The summed E-state index contributed by atoms with van der Waals surface area (Å²) in [6.45, 7) is 2.92. The second kappa shape index (κ2) is 11.8. The van der Waals surface area contributed by atoms with E-state index in [1.807, 2.05) is 17.5 Å². The van der Waals surface area contributed by atoms with Crippen molar-refractivity contribution in [1.82, 2.24) is 10.2 Å². The van der Waals surface area contributed by atoms with E-state index in [0.717, 1.165) is 10.4 Å². The molecule has 2 amide bonds. The maximum atomic E-state index is 13.7. The number of hydrogen-bond donors (Lipinski definition) is 1. The van der Waals surface area contributed by atoms with Crippen LogP contribution in [0.5, 0.6) is 5.75 Å². The van der Waals surface area contributed by atoms with Gasteiger partial charge in [-0.05, 0) is 42.3 Å². The maximum Gasteiger partial charge on any atom is 0.355 e. The zero-order valence-corrected chi connectivity index (χ0v) is 23.8. The molecule has 0 spiro atoms. The number of amides is 2. The van der Waals surface area contributed by atoms with Crippen molar-refractivity contribution < 1.29 is 33.4 Å². The van der Waals surface area contributed by atoms with E-state index in [-0.39, 0.29) is 24.6 Å². The molecule has 1 unspecified atom stereocenters. The summed E-state index contributed by atoms with van der Waals surface area (Å²) in [6.07, 6.45) is 1.17. The van der Waals surface area contributed by atoms with Crippen LogP contribution in [0.3, 0.4) is 0 Å². The summed E-state index contributed by atoms with van der Waals surface area (Å²) in [7, 11) is 1.56. The summed E-state index contributed by atoms with van der Waals surface area (Å²) in [5, 5.41) is 4.27. The fraction of sp³-hybridized carbons (Fsp3) is 0.385. The molecule has 0 saturated carbocycles. The standard InChI is InChI=1S/C26H28N2O7S3/c1-15(35-16(2)29)20-14-38-25-26(36-4,27-21(30)12-19-6-5-11-37-19)24(32)28(25)22(20)23(31)34-13-17-7-9-18(33-3)10-8-17/h5-11,15,25H,12-14H2,1-4H3,(H,27,30)/t15?,25-,26-/m0/s1. The molecule has 4 rings (SSSR count). The molecule has 0 radical (unpaired) electrons. The van der Waals surface area contributed by atoms with E-state index < -0.39 is 34.2 Å². The number of fused-ring (bicyclic) bond motifs is 1. The molecular weight excluding hydrogens is 548 g/mol. The van der Waals surface area contributed by atoms with E-state index in [1.165, 1.54) is 46.7 Å². The summed E-state index contributed by atoms with van der Waals surface area (Å²) in [4.78, 5) is 52.6. The van der Waals surface area contributed by atoms with Crippen LogP contribution in [-0.4, -0.2) is 64.1 Å². The zero-order chi connectivity index (χ0) is 27.4. The van der Waals surface area contributed by atoms with Gasteiger partial charge in [0.25, 0.3) is 5.91 Å². The van der Waals surface area contributed by atoms with Crippen molar-refractivity contribution in [2.45, 2.75) is 43.2 Å². The molecule has 1 N–H and O–H groups in total. The van der Waals surface area contributed by atoms with Crippen LogP contribution in [0.25, 0.3) is 0 Å². The largest absolute Gasteiger partial charge is 0.497 e. The van der Waals surface area contributed by atoms with Crippen molar-refractivity contribution in [1.29, 1.82) is 0 Å². The first-order chi connectivity index (χ1) is 18.2. The number of thiophene rings is 1. The van der Waals surface area contributed by atoms with Gasteiger partial charge in [0.2, 0.25) is 5.91 Å². The van der Waals surface area contributed by atoms with E-state index in [1.54, 1.807) is 44.6 Å². The smallest absolute Gasteiger partial charge is 0.355 e. The van der Waals surface area contributed by atoms with Gasteiger partial charge in [-0.2, -0.15) is 0 Å². The molecule has 3 heterocycles. The van der Waals surface area contributed by atoms with Crippen LogP contribution in [0.15, 0.2) is 53.0 Å². The van der Waals surface area contributed by atoms with Gasteiger partial charge in [-0.25, -0.2) is 4.79 Å². The van der Waals surface area contributed by atoms with Crippen LogP contribution in [0.1, 0.15) is 24.3 Å². The Labute approximate surface area is 233 Å². The second-order valence-electron chi connectivity index (χ2n) is 8.63. The lowest BCUT2D eigenvalue weighted by Crippen LogP contribution is -2.78. The molecule has 0 aliphatic carbocycles. The van der Waals surface area contributed by atoms with Crippen molar-refractivity contribution in [2.75, 3.05) is 19.1 Å². The summed E-state index contributed by atoms with van der Waals surface area (Å²) < 4.78 is 16.1. The summed E-state index contributed by atoms with van der Waals surface area (Å²) in [6, 6.07) is 10.8. The first-order valence-corrected chi connectivity index (χ1v) is 14.9. The van der Waals surface area contributed by atoms with E-state index in [2.05, 4.69) is 5.32 Å². The summed E-state index contributed by atoms with van der Waals surface area (Å²) >= 11 is 4.10. The number of esters is 2. The predicted molar refractivity (Wildman–Crippen MR) is 147 cm³/mol. The Morgan fingerprint density at radius 2 is 1.97 bits per heavy atom. The number of methoxy groups -OCH3 is 1. The highest BCUT2D eigenvalue weighted by Crippen LogP contribution is 2.51. The molecule has 2 aliphatic rings. The molecule has 2 aliphatic heterocycles. The number of carbonyl (C=O) groups is 4. The number of benzene rings is 1. The minimum absolute atomic E-state index is 0.0212. The highest BCUT2D eigenvalue weighted by molar-refractivity contribution is 8.05. The van der Waals surface area contributed by atoms with Crippen molar-refractivity contribution in [3.8, 4) is 5.75 Å². The quantitative estimate of drug-likeness (QED) is 0.259. The van der Waals surface area contributed by atoms with Gasteiger partial charge >= 0.3 is 11.9 Å². The third-order valence-electron chi connectivity index (χ3n) is 6.18. The molecule has 3 atom stereocenters. The Bertz CT molecular complexity index is 1250. The number of thioether (sulfide) groups is 2. The van der Waals surface area contributed by atoms with Gasteiger partial charge in [0.05, 0.1) is 13.5 Å². The lowest BCUT2D eigenvalue weighted by Gasteiger charge is -2.56. The molecule has 1 aromatic heterocycles. The molecule has 1 aromatic carbocycles. The second-order valence-corrected chi connectivity index (χ2v) is 11.8. The number of nitrogens with one attached hydrogen (secondary N) is 1. The van der Waals surface area contributed by atoms with E-state index in [4.69, 9.17) is 14.2 Å². The molecule has 38 heavy (non-hydrogen) atoms. The minimum Gasteiger partial charge on any atom is -0.497 e. The van der Waals surface area contributed by atoms with Gasteiger partial charge in [-0.1, -0.05) is 18.2 Å². The maximum absolute atomic E-state index is 13.7. The van der Waals surface area contributed by atoms with Crippen LogP contribution in [0.4, 0.5) is 0 Å². The average Bonchev–Trinajstić information content (AvgIpc) is 3.42. The Morgan fingerprint density at radius 3 is 2.58 bits per heavy atom. The third-order valence-corrected chi connectivity index (χ3v) is 9.71. The van der Waals surface area contributed by atoms with Crippen LogP contribution in [-0.2, 0) is 41.7 Å². The van der Waals surface area contributed by atoms with Crippen molar-refractivity contribution >= 4 is 58.6 Å². The van der Waals surface area contributed by atoms with Crippen LogP contribution in [0.2, 0.25) is 0 Å². The molecule has 9 nitrogen and oxygen atoms in total. The topological polar surface area (TPSA) is 111 Å². The van der Waals surface area contributed by atoms with Gasteiger partial charge < -0.3 is 19.5 Å². The molecular formula is C26H28N2O7S3. The highest BCUT2D eigenvalue weighted by atomic mass is 32.2. The number of carbonyl (C=O) groups excluding carboxylic acids is 4. The van der Waals surface area contributed by atoms with Gasteiger partial charge in [-0.3, -0.25) is 19.3 Å².